The van der Waals surface area contributed by atoms with Crippen molar-refractivity contribution in [2.75, 3.05) is 56.9 Å². The fraction of sp³-hybridized carbons (Fsp3) is 0.559. The van der Waals surface area contributed by atoms with Gasteiger partial charge < -0.3 is 35.8 Å². The van der Waals surface area contributed by atoms with Crippen LogP contribution < -0.4 is 16.4 Å². The number of amides is 4. The Labute approximate surface area is 261 Å². The molecule has 0 radical (unpaired) electrons. The van der Waals surface area contributed by atoms with E-state index in [1.807, 2.05) is 52.3 Å². The highest BCUT2D eigenvalue weighted by Gasteiger charge is 2.36. The minimum atomic E-state index is -0.894. The fourth-order valence-electron chi connectivity index (χ4n) is 7.45. The second-order valence-corrected chi connectivity index (χ2v) is 12.8. The topological polar surface area (TPSA) is 120 Å². The predicted molar refractivity (Wildman–Crippen MR) is 172 cm³/mol. The molecular weight excluding hydrogens is 556 g/mol. The Balaban J connectivity index is 0.00000400. The van der Waals surface area contributed by atoms with Crippen LogP contribution in [0.1, 0.15) is 51.1 Å². The molecule has 238 valence electrons. The van der Waals surface area contributed by atoms with Crippen LogP contribution in [0.15, 0.2) is 48.5 Å². The second kappa shape index (κ2) is 13.9. The van der Waals surface area contributed by atoms with Crippen molar-refractivity contribution >= 4 is 29.4 Å². The summed E-state index contributed by atoms with van der Waals surface area (Å²) in [6, 6.07) is 15.3. The Bertz CT molecular complexity index is 1300. The number of fused-ring (bicyclic) bond motifs is 1. The molecule has 2 aromatic rings. The van der Waals surface area contributed by atoms with Gasteiger partial charge in [0.1, 0.15) is 0 Å². The van der Waals surface area contributed by atoms with E-state index in [1.54, 1.807) is 4.90 Å². The molecule has 1 atom stereocenters. The Morgan fingerprint density at radius 2 is 1.52 bits per heavy atom. The number of benzene rings is 2. The molecule has 44 heavy (non-hydrogen) atoms. The van der Waals surface area contributed by atoms with E-state index in [1.165, 1.54) is 12.8 Å². The van der Waals surface area contributed by atoms with Crippen molar-refractivity contribution in [1.29, 1.82) is 0 Å². The van der Waals surface area contributed by atoms with Crippen molar-refractivity contribution in [3.05, 3.63) is 59.7 Å². The quantitative estimate of drug-likeness (QED) is 0.422. The number of anilines is 2. The van der Waals surface area contributed by atoms with Crippen molar-refractivity contribution in [2.45, 2.75) is 63.5 Å². The van der Waals surface area contributed by atoms with Crippen LogP contribution in [0.25, 0.3) is 0 Å². The van der Waals surface area contributed by atoms with Crippen molar-refractivity contribution in [3.8, 4) is 0 Å². The fourth-order valence-corrected chi connectivity index (χ4v) is 7.45. The number of ether oxygens (including phenoxy) is 1. The first-order valence-corrected chi connectivity index (χ1v) is 16.4. The number of nitrogen functional groups attached to an aromatic ring is 1. The number of hydrogen-bond acceptors (Lipinski definition) is 6. The van der Waals surface area contributed by atoms with Crippen LogP contribution in [0.5, 0.6) is 0 Å². The van der Waals surface area contributed by atoms with Crippen LogP contribution in [0.3, 0.4) is 0 Å². The predicted octanol–water partition coefficient (Wildman–Crippen LogP) is 4.36. The number of carbonyl (C=O) groups excluding carboxylic acids is 3. The first-order chi connectivity index (χ1) is 21.4. The van der Waals surface area contributed by atoms with Crippen molar-refractivity contribution in [2.24, 2.45) is 11.8 Å². The van der Waals surface area contributed by atoms with Crippen molar-refractivity contribution in [1.82, 2.24) is 20.0 Å². The highest BCUT2D eigenvalue weighted by atomic mass is 16.6. The normalized spacial score (nSPS) is 21.3. The average Bonchev–Trinajstić information content (AvgIpc) is 3.23. The number of nitrogens with one attached hydrogen (secondary N) is 2. The lowest BCUT2D eigenvalue weighted by Crippen LogP contribution is -2.52. The summed E-state index contributed by atoms with van der Waals surface area (Å²) < 4.78 is 6.01. The van der Waals surface area contributed by atoms with Crippen LogP contribution in [0, 0.1) is 11.8 Å². The van der Waals surface area contributed by atoms with Gasteiger partial charge >= 0.3 is 12.1 Å². The summed E-state index contributed by atoms with van der Waals surface area (Å²) >= 11 is 0. The number of hydrogen-bond donors (Lipinski definition) is 3. The van der Waals surface area contributed by atoms with Gasteiger partial charge in [-0.25, -0.2) is 9.59 Å². The monoisotopic (exact) mass is 604 g/mol. The zero-order valence-electron chi connectivity index (χ0n) is 25.6. The van der Waals surface area contributed by atoms with Gasteiger partial charge in [0.25, 0.3) is 5.91 Å². The third-order valence-electron chi connectivity index (χ3n) is 10.1. The summed E-state index contributed by atoms with van der Waals surface area (Å²) in [6.45, 7) is 5.17. The molecule has 4 heterocycles. The molecule has 10 heteroatoms. The summed E-state index contributed by atoms with van der Waals surface area (Å²) in [7, 11) is 0. The molecule has 4 aliphatic rings. The summed E-state index contributed by atoms with van der Waals surface area (Å²) in [4.78, 5) is 45.8. The molecule has 0 aromatic heterocycles. The smallest absolute Gasteiger partial charge is 0.410 e. The number of rotatable bonds is 6. The first-order valence-electron chi connectivity index (χ1n) is 16.4. The molecule has 10 nitrogen and oxygen atoms in total. The van der Waals surface area contributed by atoms with Crippen LogP contribution in [-0.4, -0.2) is 90.7 Å². The van der Waals surface area contributed by atoms with Crippen LogP contribution >= 0.6 is 0 Å². The molecule has 4 N–H and O–H groups in total. The van der Waals surface area contributed by atoms with Gasteiger partial charge in [0, 0.05) is 58.0 Å². The van der Waals surface area contributed by atoms with Crippen molar-refractivity contribution in [3.63, 3.8) is 0 Å². The molecule has 0 saturated carbocycles. The van der Waals surface area contributed by atoms with E-state index in [0.717, 1.165) is 55.1 Å². The van der Waals surface area contributed by atoms with Gasteiger partial charge in [-0.15, -0.1) is 0 Å². The molecule has 2 aromatic carbocycles. The molecule has 3 saturated heterocycles. The number of para-hydroxylation sites is 1. The first kappa shape index (κ1) is 30.2. The van der Waals surface area contributed by atoms with Crippen LogP contribution in [0.2, 0.25) is 0 Å². The van der Waals surface area contributed by atoms with Gasteiger partial charge in [-0.3, -0.25) is 4.79 Å². The summed E-state index contributed by atoms with van der Waals surface area (Å²) in [5, 5.41) is 6.50. The highest BCUT2D eigenvalue weighted by Crippen LogP contribution is 2.31. The largest absolute Gasteiger partial charge is 0.436 e. The third-order valence-corrected chi connectivity index (χ3v) is 10.1. The van der Waals surface area contributed by atoms with Gasteiger partial charge in [0.2, 0.25) is 0 Å². The molecular formula is C34H48N6O4. The number of nitrogens with two attached hydrogens (primary N) is 1. The maximum Gasteiger partial charge on any atom is 0.410 e. The van der Waals surface area contributed by atoms with Crippen LogP contribution in [-0.2, 0) is 22.4 Å². The van der Waals surface area contributed by atoms with Gasteiger partial charge in [-0.05, 0) is 99.2 Å². The number of nitrogens with zero attached hydrogens (tertiary/aromatic N) is 3. The summed E-state index contributed by atoms with van der Waals surface area (Å²) in [5.41, 5.74) is 9.45. The van der Waals surface area contributed by atoms with Gasteiger partial charge in [-0.1, -0.05) is 30.3 Å². The zero-order valence-corrected chi connectivity index (χ0v) is 25.6. The number of likely N-dealkylation sites (tertiary alicyclic amines) is 2. The number of carbonyl (C=O) groups is 3. The Morgan fingerprint density at radius 1 is 0.864 bits per heavy atom. The molecule has 6 rings (SSSR count). The van der Waals surface area contributed by atoms with Crippen LogP contribution in [0.4, 0.5) is 21.0 Å². The van der Waals surface area contributed by atoms with Crippen molar-refractivity contribution < 1.29 is 20.5 Å². The summed E-state index contributed by atoms with van der Waals surface area (Å²) in [5.74, 6) is 1.27. The minimum Gasteiger partial charge on any atom is -0.436 e. The molecule has 0 aliphatic carbocycles. The standard InChI is InChI=1S/C34H46N6O4.H2/c35-28-7-5-24(6-8-28)23-31(32(41)38-18-11-26(12-19-38)25-9-16-36-17-10-25)44-34(43)39-20-14-29(15-21-39)40-22-13-27-3-1-2-4-30(27)37-33(40)42;/h1-8,25-26,29,31,36H,9-23,35H2,(H,37,42);1H/t31-;/m1./s1. The van der Waals surface area contributed by atoms with E-state index in [0.29, 0.717) is 63.6 Å². The molecule has 4 amide bonds. The molecule has 0 unspecified atom stereocenters. The van der Waals surface area contributed by atoms with E-state index in [-0.39, 0.29) is 19.4 Å². The molecule has 3 fully saturated rings. The van der Waals surface area contributed by atoms with Gasteiger partial charge in [0.05, 0.1) is 0 Å². The zero-order chi connectivity index (χ0) is 30.5. The number of urea groups is 1. The van der Waals surface area contributed by atoms with E-state index < -0.39 is 12.2 Å². The minimum absolute atomic E-state index is 0. The van der Waals surface area contributed by atoms with E-state index in [2.05, 4.69) is 16.7 Å². The SMILES string of the molecule is Nc1ccc(C[C@@H](OC(=O)N2CCC(N3CCc4ccccc4NC3=O)CC2)C(=O)N2CCC(C3CCNCC3)CC2)cc1.[HH]. The molecule has 4 aliphatic heterocycles. The lowest BCUT2D eigenvalue weighted by molar-refractivity contribution is -0.142. The average molecular weight is 605 g/mol. The third kappa shape index (κ3) is 7.12. The lowest BCUT2D eigenvalue weighted by Gasteiger charge is -2.39. The van der Waals surface area contributed by atoms with Gasteiger partial charge in [0.15, 0.2) is 6.10 Å². The lowest BCUT2D eigenvalue weighted by atomic mass is 9.79. The van der Waals surface area contributed by atoms with E-state index >= 15 is 0 Å². The maximum absolute atomic E-state index is 13.8. The molecule has 0 spiro atoms. The maximum atomic E-state index is 13.8. The molecule has 0 bridgehead atoms. The Morgan fingerprint density at radius 3 is 2.25 bits per heavy atom. The van der Waals surface area contributed by atoms with E-state index in [9.17, 15) is 14.4 Å². The summed E-state index contributed by atoms with van der Waals surface area (Å²) in [6.07, 6.45) is 5.50. The highest BCUT2D eigenvalue weighted by molar-refractivity contribution is 5.91. The Hall–Kier alpha value is -3.79. The Kier molecular flexibility index (Phi) is 9.54. The van der Waals surface area contributed by atoms with E-state index in [4.69, 9.17) is 10.5 Å². The second-order valence-electron chi connectivity index (χ2n) is 12.8. The van der Waals surface area contributed by atoms with Gasteiger partial charge in [-0.2, -0.15) is 0 Å². The number of piperidine rings is 3.